The highest BCUT2D eigenvalue weighted by molar-refractivity contribution is 7.19. The average molecular weight is 621 g/mol. The van der Waals surface area contributed by atoms with Gasteiger partial charge in [-0.25, -0.2) is 4.99 Å². The second kappa shape index (κ2) is 11.1. The van der Waals surface area contributed by atoms with E-state index >= 15 is 0 Å². The smallest absolute Gasteiger partial charge is 0.134 e. The molecule has 0 fully saturated rings. The lowest BCUT2D eigenvalue weighted by molar-refractivity contribution is 0.720. The summed E-state index contributed by atoms with van der Waals surface area (Å²) in [5, 5.41) is 10.2. The Morgan fingerprint density at radius 3 is 2.21 bits per heavy atom. The van der Waals surface area contributed by atoms with Crippen molar-refractivity contribution in [3.8, 4) is 11.1 Å². The van der Waals surface area contributed by atoms with Crippen LogP contribution in [0.4, 0.5) is 0 Å². The van der Waals surface area contributed by atoms with Crippen LogP contribution >= 0.6 is 11.3 Å². The van der Waals surface area contributed by atoms with E-state index in [-0.39, 0.29) is 6.04 Å². The maximum atomic E-state index is 5.39. The third-order valence-corrected chi connectivity index (χ3v) is 10.8. The van der Waals surface area contributed by atoms with Crippen LogP contribution in [0.2, 0.25) is 0 Å². The molecule has 1 atom stereocenters. The summed E-state index contributed by atoms with van der Waals surface area (Å²) in [6, 6.07) is 48.1. The molecule has 2 heterocycles. The van der Waals surface area contributed by atoms with Gasteiger partial charge in [-0.05, 0) is 80.6 Å². The highest BCUT2D eigenvalue weighted by atomic mass is 32.1. The molecule has 47 heavy (non-hydrogen) atoms. The van der Waals surface area contributed by atoms with Crippen molar-refractivity contribution in [1.29, 1.82) is 0 Å². The van der Waals surface area contributed by atoms with Crippen molar-refractivity contribution in [3.63, 3.8) is 0 Å². The summed E-state index contributed by atoms with van der Waals surface area (Å²) in [7, 11) is 0. The molecular formula is C44H32N2S. The van der Waals surface area contributed by atoms with Gasteiger partial charge in [0.2, 0.25) is 0 Å². The monoisotopic (exact) mass is 620 g/mol. The Labute approximate surface area is 278 Å². The van der Waals surface area contributed by atoms with E-state index in [4.69, 9.17) is 4.99 Å². The second-order valence-corrected chi connectivity index (χ2v) is 13.7. The quantitative estimate of drug-likeness (QED) is 0.195. The van der Waals surface area contributed by atoms with Crippen LogP contribution in [0.5, 0.6) is 0 Å². The predicted molar refractivity (Wildman–Crippen MR) is 201 cm³/mol. The van der Waals surface area contributed by atoms with Crippen LogP contribution in [0.1, 0.15) is 34.5 Å². The van der Waals surface area contributed by atoms with E-state index < -0.39 is 0 Å². The van der Waals surface area contributed by atoms with Crippen LogP contribution in [0.25, 0.3) is 48.3 Å². The summed E-state index contributed by atoms with van der Waals surface area (Å²) in [6.45, 7) is 6.71. The van der Waals surface area contributed by atoms with Crippen molar-refractivity contribution in [1.82, 2.24) is 5.32 Å². The Balaban J connectivity index is 1.26. The molecule has 1 N–H and O–H groups in total. The summed E-state index contributed by atoms with van der Waals surface area (Å²) < 4.78 is 1.29. The Hall–Kier alpha value is -5.51. The van der Waals surface area contributed by atoms with Crippen LogP contribution in [-0.4, -0.2) is 5.84 Å². The summed E-state index contributed by atoms with van der Waals surface area (Å²) in [4.78, 5) is 6.74. The highest BCUT2D eigenvalue weighted by Gasteiger charge is 2.30. The van der Waals surface area contributed by atoms with Gasteiger partial charge >= 0.3 is 0 Å². The molecule has 9 rings (SSSR count). The minimum Gasteiger partial charge on any atom is -0.359 e. The normalized spacial score (nSPS) is 16.3. The zero-order valence-corrected chi connectivity index (χ0v) is 26.9. The van der Waals surface area contributed by atoms with Crippen molar-refractivity contribution >= 4 is 54.4 Å². The first-order valence-electron chi connectivity index (χ1n) is 16.2. The molecule has 0 bridgehead atoms. The fraction of sp³-hybridized carbons (Fsp3) is 0.0682. The molecule has 3 heteroatoms. The predicted octanol–water partition coefficient (Wildman–Crippen LogP) is 11.4. The van der Waals surface area contributed by atoms with Crippen molar-refractivity contribution in [2.45, 2.75) is 19.4 Å². The fourth-order valence-corrected chi connectivity index (χ4v) is 8.61. The third kappa shape index (κ3) is 4.66. The Bertz CT molecular complexity index is 2480. The van der Waals surface area contributed by atoms with E-state index in [0.717, 1.165) is 34.7 Å². The molecule has 1 unspecified atom stereocenters. The lowest BCUT2D eigenvalue weighted by Crippen LogP contribution is -2.34. The number of thiophene rings is 1. The van der Waals surface area contributed by atoms with Crippen LogP contribution in [-0.2, 0) is 6.42 Å². The molecule has 6 aromatic carbocycles. The summed E-state index contributed by atoms with van der Waals surface area (Å²) in [5.74, 6) is 0.890. The second-order valence-electron chi connectivity index (χ2n) is 12.5. The molecule has 224 valence electrons. The van der Waals surface area contributed by atoms with E-state index in [9.17, 15) is 0 Å². The first-order valence-corrected chi connectivity index (χ1v) is 17.0. The van der Waals surface area contributed by atoms with Gasteiger partial charge in [0, 0.05) is 38.1 Å². The highest BCUT2D eigenvalue weighted by Crippen LogP contribution is 2.47. The van der Waals surface area contributed by atoms with Crippen LogP contribution in [0.3, 0.4) is 0 Å². The summed E-state index contributed by atoms with van der Waals surface area (Å²) >= 11 is 1.89. The van der Waals surface area contributed by atoms with Crippen molar-refractivity contribution in [3.05, 3.63) is 185 Å². The lowest BCUT2D eigenvalue weighted by atomic mass is 9.85. The maximum Gasteiger partial charge on any atom is 0.134 e. The van der Waals surface area contributed by atoms with Crippen LogP contribution in [0.15, 0.2) is 168 Å². The first-order chi connectivity index (χ1) is 23.1. The Morgan fingerprint density at radius 1 is 0.702 bits per heavy atom. The van der Waals surface area contributed by atoms with Gasteiger partial charge in [-0.3, -0.25) is 0 Å². The van der Waals surface area contributed by atoms with Gasteiger partial charge in [-0.2, -0.15) is 0 Å². The van der Waals surface area contributed by atoms with Crippen LogP contribution < -0.4 is 5.32 Å². The molecule has 1 aliphatic heterocycles. The molecule has 0 spiro atoms. The van der Waals surface area contributed by atoms with E-state index in [1.54, 1.807) is 0 Å². The van der Waals surface area contributed by atoms with Crippen molar-refractivity contribution in [2.24, 2.45) is 4.99 Å². The van der Waals surface area contributed by atoms with Crippen molar-refractivity contribution in [2.75, 3.05) is 0 Å². The Kier molecular flexibility index (Phi) is 6.55. The molecule has 2 nitrogen and oxygen atoms in total. The maximum absolute atomic E-state index is 5.39. The van der Waals surface area contributed by atoms with Gasteiger partial charge in [0.05, 0.1) is 11.7 Å². The zero-order chi connectivity index (χ0) is 31.5. The SMILES string of the molecule is C=C1C=C(C2=C(C)C(c3ccccc3)NC(c3ccccc3)=N2)c2c(sc3ccc(-c4cc5ccccc5c5ccccc45)cc23)C1. The number of aliphatic imine (C=N–C) groups is 1. The number of hydrogen-bond acceptors (Lipinski definition) is 3. The number of nitrogens with zero attached hydrogens (tertiary/aromatic N) is 1. The molecule has 0 saturated carbocycles. The molecule has 2 aliphatic rings. The molecular weight excluding hydrogens is 589 g/mol. The Morgan fingerprint density at radius 2 is 1.40 bits per heavy atom. The number of hydrogen-bond donors (Lipinski definition) is 1. The molecule has 0 amide bonds. The number of benzene rings is 6. The number of allylic oxidation sites excluding steroid dienone is 3. The number of fused-ring (bicyclic) bond motifs is 6. The summed E-state index contributed by atoms with van der Waals surface area (Å²) in [6.07, 6.45) is 3.14. The summed E-state index contributed by atoms with van der Waals surface area (Å²) in [5.41, 5.74) is 10.6. The molecule has 1 aliphatic carbocycles. The minimum absolute atomic E-state index is 0.00266. The molecule has 0 radical (unpaired) electrons. The van der Waals surface area contributed by atoms with Crippen LogP contribution in [0, 0.1) is 0 Å². The van der Waals surface area contributed by atoms with E-state index in [2.05, 4.69) is 158 Å². The zero-order valence-electron chi connectivity index (χ0n) is 26.1. The van der Waals surface area contributed by atoms with Gasteiger partial charge in [-0.1, -0.05) is 122 Å². The van der Waals surface area contributed by atoms with Gasteiger partial charge in [0.1, 0.15) is 5.84 Å². The largest absolute Gasteiger partial charge is 0.359 e. The lowest BCUT2D eigenvalue weighted by Gasteiger charge is -2.30. The molecule has 0 saturated heterocycles. The fourth-order valence-electron chi connectivity index (χ4n) is 7.36. The average Bonchev–Trinajstić information content (AvgIpc) is 3.49. The van der Waals surface area contributed by atoms with E-state index in [1.807, 2.05) is 11.3 Å². The number of amidine groups is 1. The van der Waals surface area contributed by atoms with Gasteiger partial charge < -0.3 is 5.32 Å². The number of rotatable bonds is 4. The third-order valence-electron chi connectivity index (χ3n) is 9.59. The van der Waals surface area contributed by atoms with Gasteiger partial charge in [0.15, 0.2) is 0 Å². The van der Waals surface area contributed by atoms with E-state index in [0.29, 0.717) is 0 Å². The minimum atomic E-state index is 0.00266. The topological polar surface area (TPSA) is 24.4 Å². The first kappa shape index (κ1) is 27.8. The van der Waals surface area contributed by atoms with Crippen molar-refractivity contribution < 1.29 is 0 Å². The van der Waals surface area contributed by atoms with E-state index in [1.165, 1.54) is 64.3 Å². The molecule has 1 aromatic heterocycles. The molecule has 7 aromatic rings. The van der Waals surface area contributed by atoms with Gasteiger partial charge in [-0.15, -0.1) is 11.3 Å². The van der Waals surface area contributed by atoms with Gasteiger partial charge in [0.25, 0.3) is 0 Å². The number of nitrogens with one attached hydrogen (secondary N) is 1. The standard InChI is InChI=1S/C44H32N2S/c1-27-23-38(43-28(2)42(29-13-5-3-6-14-29)45-44(46-43)30-15-7-4-8-16-30)41-37-26-32(21-22-39(37)47-40(41)24-27)36-25-31-17-9-10-18-33(31)34-19-11-12-20-35(34)36/h3-23,25-26,42H,1,24H2,2H3,(H,45,46).